The van der Waals surface area contributed by atoms with Gasteiger partial charge < -0.3 is 19.8 Å². The number of aliphatic hydroxyl groups excluding tert-OH is 1. The van der Waals surface area contributed by atoms with E-state index in [0.717, 1.165) is 24.8 Å². The lowest BCUT2D eigenvalue weighted by Crippen LogP contribution is -2.58. The molecular formula is C32H43N3O4S. The Morgan fingerprint density at radius 2 is 1.77 bits per heavy atom. The molecule has 4 heterocycles. The number of carbonyl (C=O) groups is 3. The fourth-order valence-corrected chi connectivity index (χ4v) is 9.23. The van der Waals surface area contributed by atoms with E-state index in [-0.39, 0.29) is 41.5 Å². The molecule has 1 aromatic rings. The van der Waals surface area contributed by atoms with Crippen LogP contribution in [-0.4, -0.2) is 85.3 Å². The normalized spacial score (nSPS) is 31.9. The summed E-state index contributed by atoms with van der Waals surface area (Å²) in [5, 5.41) is 10.4. The molecule has 2 unspecified atom stereocenters. The summed E-state index contributed by atoms with van der Waals surface area (Å²) in [6, 6.07) is 8.72. The molecule has 5 rings (SSSR count). The van der Waals surface area contributed by atoms with Crippen molar-refractivity contribution in [2.45, 2.75) is 81.6 Å². The van der Waals surface area contributed by atoms with E-state index in [1.165, 1.54) is 0 Å². The fraction of sp³-hybridized carbons (Fsp3) is 0.594. The lowest BCUT2D eigenvalue weighted by molar-refractivity contribution is -0.148. The number of rotatable bonds is 9. The van der Waals surface area contributed by atoms with Gasteiger partial charge in [0.15, 0.2) is 0 Å². The fourth-order valence-electron chi connectivity index (χ4n) is 7.23. The number of benzene rings is 1. The van der Waals surface area contributed by atoms with E-state index in [4.69, 9.17) is 0 Å². The maximum absolute atomic E-state index is 14.6. The Bertz CT molecular complexity index is 1170. The maximum atomic E-state index is 14.6. The molecule has 1 N–H and O–H groups in total. The van der Waals surface area contributed by atoms with Crippen LogP contribution in [-0.2, 0) is 20.9 Å². The number of nitrogens with zero attached hydrogens (tertiary/aromatic N) is 3. The van der Waals surface area contributed by atoms with Crippen molar-refractivity contribution in [1.29, 1.82) is 0 Å². The van der Waals surface area contributed by atoms with E-state index >= 15 is 0 Å². The van der Waals surface area contributed by atoms with Crippen LogP contribution in [0.2, 0.25) is 0 Å². The topological polar surface area (TPSA) is 81.2 Å². The molecule has 40 heavy (non-hydrogen) atoms. The summed E-state index contributed by atoms with van der Waals surface area (Å²) in [4.78, 5) is 48.9. The van der Waals surface area contributed by atoms with Gasteiger partial charge >= 0.3 is 0 Å². The number of thioether (sulfide) groups is 1. The molecule has 0 aromatic heterocycles. The highest BCUT2D eigenvalue weighted by Crippen LogP contribution is 2.61. The summed E-state index contributed by atoms with van der Waals surface area (Å²) < 4.78 is -0.860. The molecule has 4 aliphatic heterocycles. The summed E-state index contributed by atoms with van der Waals surface area (Å²) in [5.41, 5.74) is 1.04. The van der Waals surface area contributed by atoms with Crippen molar-refractivity contribution < 1.29 is 19.5 Å². The van der Waals surface area contributed by atoms with Gasteiger partial charge in [0.2, 0.25) is 17.7 Å². The van der Waals surface area contributed by atoms with Gasteiger partial charge in [-0.2, -0.15) is 0 Å². The van der Waals surface area contributed by atoms with Gasteiger partial charge in [-0.25, -0.2) is 0 Å². The van der Waals surface area contributed by atoms with Gasteiger partial charge in [0.25, 0.3) is 0 Å². The van der Waals surface area contributed by atoms with Crippen LogP contribution in [0.15, 0.2) is 54.6 Å². The highest BCUT2D eigenvalue weighted by Gasteiger charge is 2.72. The van der Waals surface area contributed by atoms with Gasteiger partial charge in [0.1, 0.15) is 6.04 Å². The van der Waals surface area contributed by atoms with Gasteiger partial charge in [-0.3, -0.25) is 14.4 Å². The van der Waals surface area contributed by atoms with Crippen LogP contribution in [0.1, 0.15) is 52.5 Å². The van der Waals surface area contributed by atoms with Crippen molar-refractivity contribution >= 4 is 29.5 Å². The minimum Gasteiger partial charge on any atom is -0.394 e. The van der Waals surface area contributed by atoms with Gasteiger partial charge in [0, 0.05) is 30.9 Å². The average Bonchev–Trinajstić information content (AvgIpc) is 3.27. The van der Waals surface area contributed by atoms with Crippen molar-refractivity contribution in [1.82, 2.24) is 14.7 Å². The SMILES string of the molecule is CCCC(C)N1CC=C[C@]23S[C@@H]4C=CCN(Cc5ccccc5)C(=O)[C@@H]4[C@H]2C(=O)N([C@@H](CO)[C@@H](C)CC)C3C1=O. The Morgan fingerprint density at radius 3 is 2.45 bits per heavy atom. The molecule has 2 fully saturated rings. The zero-order valence-corrected chi connectivity index (χ0v) is 24.9. The lowest BCUT2D eigenvalue weighted by Gasteiger charge is -2.41. The first-order chi connectivity index (χ1) is 19.3. The van der Waals surface area contributed by atoms with Crippen LogP contribution in [0.25, 0.3) is 0 Å². The molecule has 0 aliphatic carbocycles. The molecule has 0 bridgehead atoms. The third-order valence-corrected chi connectivity index (χ3v) is 11.3. The van der Waals surface area contributed by atoms with Gasteiger partial charge in [0.05, 0.1) is 29.2 Å². The van der Waals surface area contributed by atoms with Gasteiger partial charge in [-0.1, -0.05) is 88.2 Å². The summed E-state index contributed by atoms with van der Waals surface area (Å²) in [7, 11) is 0. The molecule has 1 spiro atoms. The summed E-state index contributed by atoms with van der Waals surface area (Å²) in [5.74, 6) is -1.50. The van der Waals surface area contributed by atoms with Crippen molar-refractivity contribution in [2.24, 2.45) is 17.8 Å². The Balaban J connectivity index is 1.58. The van der Waals surface area contributed by atoms with Crippen LogP contribution < -0.4 is 0 Å². The molecule has 7 nitrogen and oxygen atoms in total. The molecule has 2 saturated heterocycles. The van der Waals surface area contributed by atoms with Gasteiger partial charge in [-0.05, 0) is 24.8 Å². The van der Waals surface area contributed by atoms with E-state index in [2.05, 4.69) is 26.0 Å². The average molecular weight is 566 g/mol. The number of hydrogen-bond donors (Lipinski definition) is 1. The third kappa shape index (κ3) is 4.71. The zero-order chi connectivity index (χ0) is 28.6. The van der Waals surface area contributed by atoms with E-state index in [1.54, 1.807) is 16.7 Å². The molecule has 1 aromatic carbocycles. The molecule has 8 atom stereocenters. The Morgan fingerprint density at radius 1 is 1.02 bits per heavy atom. The van der Waals surface area contributed by atoms with Crippen LogP contribution in [0, 0.1) is 17.8 Å². The number of carbonyl (C=O) groups excluding carboxylic acids is 3. The Kier molecular flexibility index (Phi) is 8.48. The molecule has 0 radical (unpaired) electrons. The van der Waals surface area contributed by atoms with Crippen LogP contribution in [0.3, 0.4) is 0 Å². The van der Waals surface area contributed by atoms with Crippen LogP contribution in [0.4, 0.5) is 0 Å². The van der Waals surface area contributed by atoms with E-state index in [0.29, 0.717) is 19.6 Å². The second-order valence-electron chi connectivity index (χ2n) is 11.9. The number of fused-ring (bicyclic) bond motifs is 2. The van der Waals surface area contributed by atoms with Gasteiger partial charge in [-0.15, -0.1) is 11.8 Å². The lowest BCUT2D eigenvalue weighted by atomic mass is 9.78. The van der Waals surface area contributed by atoms with Crippen LogP contribution in [0.5, 0.6) is 0 Å². The van der Waals surface area contributed by atoms with Crippen molar-refractivity contribution in [2.75, 3.05) is 19.7 Å². The second kappa shape index (κ2) is 11.7. The van der Waals surface area contributed by atoms with Crippen LogP contribution >= 0.6 is 11.8 Å². The number of hydrogen-bond acceptors (Lipinski definition) is 5. The number of aliphatic hydroxyl groups is 1. The summed E-state index contributed by atoms with van der Waals surface area (Å²) in [6.07, 6.45) is 10.8. The van der Waals surface area contributed by atoms with E-state index < -0.39 is 28.7 Å². The van der Waals surface area contributed by atoms with Crippen molar-refractivity contribution in [3.63, 3.8) is 0 Å². The first-order valence-corrected chi connectivity index (χ1v) is 15.7. The quantitative estimate of drug-likeness (QED) is 0.460. The predicted molar refractivity (Wildman–Crippen MR) is 158 cm³/mol. The third-order valence-electron chi connectivity index (χ3n) is 9.51. The first-order valence-electron chi connectivity index (χ1n) is 14.9. The monoisotopic (exact) mass is 565 g/mol. The van der Waals surface area contributed by atoms with Crippen molar-refractivity contribution in [3.8, 4) is 0 Å². The molecule has 3 amide bonds. The maximum Gasteiger partial charge on any atom is 0.247 e. The molecule has 216 valence electrons. The Hall–Kier alpha value is -2.58. The molecule has 0 saturated carbocycles. The number of amides is 3. The molecule has 4 aliphatic rings. The highest BCUT2D eigenvalue weighted by atomic mass is 32.2. The predicted octanol–water partition coefficient (Wildman–Crippen LogP) is 3.88. The largest absolute Gasteiger partial charge is 0.394 e. The minimum absolute atomic E-state index is 0.00600. The Labute approximate surface area is 242 Å². The molecular weight excluding hydrogens is 522 g/mol. The standard InChI is InChI=1S/C32H43N3O4S/c1-5-12-22(4)34-18-11-16-32-27(30(38)35(28(32)31(34)39)24(20-36)21(3)6-2)26-25(40-32)15-10-17-33(29(26)37)19-23-13-8-7-9-14-23/h7-11,13-16,21-22,24-28,36H,5-6,12,17-20H2,1-4H3/t21-,22?,24-,25+,26-,27-,28?,32-/m0/s1. The smallest absolute Gasteiger partial charge is 0.247 e. The zero-order valence-electron chi connectivity index (χ0n) is 24.1. The summed E-state index contributed by atoms with van der Waals surface area (Å²) in [6.45, 7) is 9.49. The number of likely N-dealkylation sites (tertiary alicyclic amines) is 1. The second-order valence-corrected chi connectivity index (χ2v) is 13.4. The minimum atomic E-state index is -0.860. The highest BCUT2D eigenvalue weighted by molar-refractivity contribution is 8.02. The van der Waals surface area contributed by atoms with Crippen molar-refractivity contribution in [3.05, 3.63) is 60.2 Å². The van der Waals surface area contributed by atoms with E-state index in [1.807, 2.05) is 66.1 Å². The first kappa shape index (κ1) is 28.9. The summed E-state index contributed by atoms with van der Waals surface area (Å²) >= 11 is 1.61. The molecule has 8 heteroatoms. The van der Waals surface area contributed by atoms with E-state index in [9.17, 15) is 19.5 Å².